The lowest BCUT2D eigenvalue weighted by Gasteiger charge is -2.18. The van der Waals surface area contributed by atoms with E-state index in [-0.39, 0.29) is 5.75 Å². The van der Waals surface area contributed by atoms with Crippen molar-refractivity contribution in [1.29, 1.82) is 0 Å². The van der Waals surface area contributed by atoms with E-state index in [2.05, 4.69) is 28.9 Å². The minimum atomic E-state index is -0.874. The topological polar surface area (TPSA) is 97.3 Å². The number of rotatable bonds is 9. The van der Waals surface area contributed by atoms with Gasteiger partial charge in [0.05, 0.1) is 5.75 Å². The van der Waals surface area contributed by atoms with Crippen LogP contribution in [0.15, 0.2) is 5.16 Å². The highest BCUT2D eigenvalue weighted by Crippen LogP contribution is 2.18. The minimum Gasteiger partial charge on any atom is -0.481 e. The molecule has 0 atom stereocenters. The molecule has 0 bridgehead atoms. The zero-order valence-corrected chi connectivity index (χ0v) is 12.2. The van der Waals surface area contributed by atoms with Crippen molar-refractivity contribution in [2.75, 3.05) is 31.1 Å². The summed E-state index contributed by atoms with van der Waals surface area (Å²) in [5.41, 5.74) is 5.74. The Morgan fingerprint density at radius 3 is 2.68 bits per heavy atom. The van der Waals surface area contributed by atoms with E-state index in [4.69, 9.17) is 10.8 Å². The summed E-state index contributed by atoms with van der Waals surface area (Å²) >= 11 is 1.14. The second kappa shape index (κ2) is 8.00. The van der Waals surface area contributed by atoms with Gasteiger partial charge in [0.2, 0.25) is 5.95 Å². The molecule has 3 N–H and O–H groups in total. The molecule has 0 fully saturated rings. The van der Waals surface area contributed by atoms with Crippen molar-refractivity contribution < 1.29 is 9.90 Å². The third-order valence-electron chi connectivity index (χ3n) is 2.82. The van der Waals surface area contributed by atoms with Crippen LogP contribution in [0.2, 0.25) is 0 Å². The summed E-state index contributed by atoms with van der Waals surface area (Å²) in [6.45, 7) is 7.99. The highest BCUT2D eigenvalue weighted by Gasteiger charge is 2.11. The predicted molar refractivity (Wildman–Crippen MR) is 75.2 cm³/mol. The van der Waals surface area contributed by atoms with Gasteiger partial charge in [-0.1, -0.05) is 25.6 Å². The first-order valence-corrected chi connectivity index (χ1v) is 7.32. The molecule has 108 valence electrons. The van der Waals surface area contributed by atoms with E-state index in [0.717, 1.165) is 37.8 Å². The number of hydrogen-bond donors (Lipinski definition) is 2. The first-order chi connectivity index (χ1) is 9.08. The number of carboxylic acid groups (broad SMARTS) is 1. The lowest BCUT2D eigenvalue weighted by atomic mass is 10.3. The van der Waals surface area contributed by atoms with Crippen LogP contribution >= 0.6 is 11.8 Å². The third kappa shape index (κ3) is 5.07. The van der Waals surface area contributed by atoms with Gasteiger partial charge in [0.25, 0.3) is 0 Å². The number of aliphatic carboxylic acids is 1. The molecular formula is C11H21N5O2S. The Balaban J connectivity index is 2.52. The molecule has 1 aromatic heterocycles. The van der Waals surface area contributed by atoms with Crippen LogP contribution in [0.3, 0.4) is 0 Å². The van der Waals surface area contributed by atoms with Crippen LogP contribution in [0, 0.1) is 0 Å². The second-order valence-corrected chi connectivity index (χ2v) is 5.00. The molecule has 0 aliphatic heterocycles. The van der Waals surface area contributed by atoms with Gasteiger partial charge in [-0.25, -0.2) is 0 Å². The number of nitrogens with zero attached hydrogens (tertiary/aromatic N) is 4. The van der Waals surface area contributed by atoms with Gasteiger partial charge in [-0.05, 0) is 26.1 Å². The zero-order valence-electron chi connectivity index (χ0n) is 11.4. The van der Waals surface area contributed by atoms with E-state index >= 15 is 0 Å². The van der Waals surface area contributed by atoms with Crippen molar-refractivity contribution in [2.24, 2.45) is 0 Å². The lowest BCUT2D eigenvalue weighted by Crippen LogP contribution is -2.25. The number of anilines is 1. The first-order valence-electron chi connectivity index (χ1n) is 6.34. The largest absolute Gasteiger partial charge is 0.481 e. The van der Waals surface area contributed by atoms with Gasteiger partial charge in [0.15, 0.2) is 5.16 Å². The molecule has 7 nitrogen and oxygen atoms in total. The van der Waals surface area contributed by atoms with E-state index < -0.39 is 5.97 Å². The number of carbonyl (C=O) groups is 1. The van der Waals surface area contributed by atoms with Crippen molar-refractivity contribution in [1.82, 2.24) is 19.7 Å². The molecule has 0 radical (unpaired) electrons. The van der Waals surface area contributed by atoms with Crippen molar-refractivity contribution >= 4 is 23.7 Å². The summed E-state index contributed by atoms with van der Waals surface area (Å²) in [4.78, 5) is 12.9. The lowest BCUT2D eigenvalue weighted by molar-refractivity contribution is -0.133. The third-order valence-corrected chi connectivity index (χ3v) is 3.77. The van der Waals surface area contributed by atoms with Crippen molar-refractivity contribution in [3.63, 3.8) is 0 Å². The number of thioether (sulfide) groups is 1. The van der Waals surface area contributed by atoms with Gasteiger partial charge >= 0.3 is 5.97 Å². The van der Waals surface area contributed by atoms with E-state index in [9.17, 15) is 4.79 Å². The molecule has 0 saturated heterocycles. The standard InChI is InChI=1S/C11H21N5O2S/c1-3-15(4-2)6-5-7-16-10(12)13-14-11(16)19-8-9(17)18/h3-8H2,1-2H3,(H2,12,13)(H,17,18). The molecule has 0 amide bonds. The molecule has 0 aliphatic carbocycles. The molecule has 8 heteroatoms. The summed E-state index contributed by atoms with van der Waals surface area (Å²) in [6, 6.07) is 0. The summed E-state index contributed by atoms with van der Waals surface area (Å²) < 4.78 is 1.77. The summed E-state index contributed by atoms with van der Waals surface area (Å²) in [6.07, 6.45) is 0.935. The van der Waals surface area contributed by atoms with E-state index in [0.29, 0.717) is 17.6 Å². The van der Waals surface area contributed by atoms with Gasteiger partial charge in [-0.2, -0.15) is 0 Å². The fourth-order valence-electron chi connectivity index (χ4n) is 1.74. The first kappa shape index (κ1) is 15.8. The van der Waals surface area contributed by atoms with Gasteiger partial charge in [0.1, 0.15) is 0 Å². The Morgan fingerprint density at radius 1 is 1.42 bits per heavy atom. The molecule has 1 rings (SSSR count). The summed E-state index contributed by atoms with van der Waals surface area (Å²) in [5.74, 6) is -0.567. The van der Waals surface area contributed by atoms with Crippen LogP contribution in [0.25, 0.3) is 0 Å². The maximum Gasteiger partial charge on any atom is 0.313 e. The average molecular weight is 287 g/mol. The van der Waals surface area contributed by atoms with Gasteiger partial charge in [-0.3, -0.25) is 9.36 Å². The molecular weight excluding hydrogens is 266 g/mol. The van der Waals surface area contributed by atoms with Gasteiger partial charge < -0.3 is 15.7 Å². The number of hydrogen-bond acceptors (Lipinski definition) is 6. The predicted octanol–water partition coefficient (Wildman–Crippen LogP) is 0.769. The Bertz CT molecular complexity index is 406. The Hall–Kier alpha value is -1.28. The summed E-state index contributed by atoms with van der Waals surface area (Å²) in [5, 5.41) is 16.9. The van der Waals surface area contributed by atoms with Crippen LogP contribution in [0.1, 0.15) is 20.3 Å². The Kier molecular flexibility index (Phi) is 6.65. The van der Waals surface area contributed by atoms with Crippen molar-refractivity contribution in [3.8, 4) is 0 Å². The maximum atomic E-state index is 10.6. The molecule has 1 aromatic rings. The molecule has 0 unspecified atom stereocenters. The average Bonchev–Trinajstić information content (AvgIpc) is 2.73. The minimum absolute atomic E-state index is 0.0336. The summed E-state index contributed by atoms with van der Waals surface area (Å²) in [7, 11) is 0. The van der Waals surface area contributed by atoms with E-state index in [1.165, 1.54) is 0 Å². The second-order valence-electron chi connectivity index (χ2n) is 4.06. The monoisotopic (exact) mass is 287 g/mol. The number of nitrogens with two attached hydrogens (primary N) is 1. The molecule has 19 heavy (non-hydrogen) atoms. The van der Waals surface area contributed by atoms with E-state index in [1.807, 2.05) is 0 Å². The number of nitrogen functional groups attached to an aromatic ring is 1. The Morgan fingerprint density at radius 2 is 2.11 bits per heavy atom. The highest BCUT2D eigenvalue weighted by molar-refractivity contribution is 7.99. The van der Waals surface area contributed by atoms with Crippen molar-refractivity contribution in [3.05, 3.63) is 0 Å². The molecule has 0 saturated carbocycles. The smallest absolute Gasteiger partial charge is 0.313 e. The van der Waals surface area contributed by atoms with Crippen LogP contribution in [0.5, 0.6) is 0 Å². The van der Waals surface area contributed by atoms with Gasteiger partial charge in [0, 0.05) is 6.54 Å². The quantitative estimate of drug-likeness (QED) is 0.647. The van der Waals surface area contributed by atoms with Crippen molar-refractivity contribution in [2.45, 2.75) is 32.0 Å². The zero-order chi connectivity index (χ0) is 14.3. The van der Waals surface area contributed by atoms with E-state index in [1.54, 1.807) is 4.57 Å². The molecule has 0 aliphatic rings. The fourth-order valence-corrected chi connectivity index (χ4v) is 2.43. The molecule has 1 heterocycles. The molecule has 0 spiro atoms. The van der Waals surface area contributed by atoms with Crippen LogP contribution < -0.4 is 5.73 Å². The normalized spacial score (nSPS) is 11.1. The molecule has 0 aromatic carbocycles. The fraction of sp³-hybridized carbons (Fsp3) is 0.727. The van der Waals surface area contributed by atoms with Gasteiger partial charge in [-0.15, -0.1) is 10.2 Å². The van der Waals surface area contributed by atoms with Crippen LogP contribution in [-0.4, -0.2) is 56.1 Å². The number of aromatic nitrogens is 3. The maximum absolute atomic E-state index is 10.6. The highest BCUT2D eigenvalue weighted by atomic mass is 32.2. The SMILES string of the molecule is CCN(CC)CCCn1c(N)nnc1SCC(=O)O. The Labute approximate surface area is 117 Å². The van der Waals surface area contributed by atoms with Crippen LogP contribution in [0.4, 0.5) is 5.95 Å². The number of carboxylic acids is 1. The van der Waals surface area contributed by atoms with Crippen LogP contribution in [-0.2, 0) is 11.3 Å².